The zero-order chi connectivity index (χ0) is 30.8. The number of aliphatic carboxylic acids is 1. The van der Waals surface area contributed by atoms with Crippen molar-refractivity contribution < 1.29 is 23.1 Å². The molecule has 4 aromatic rings. The molecule has 6 rings (SSSR count). The Kier molecular flexibility index (Phi) is 8.72. The highest BCUT2D eigenvalue weighted by atomic mass is 32.2. The number of benzene rings is 1. The Morgan fingerprint density at radius 3 is 2.50 bits per heavy atom. The number of sulfonamides is 1. The molecule has 2 unspecified atom stereocenters. The number of pyridine rings is 2. The van der Waals surface area contributed by atoms with Crippen LogP contribution in [0.2, 0.25) is 0 Å². The van der Waals surface area contributed by atoms with Gasteiger partial charge in [-0.1, -0.05) is 49.2 Å². The SMILES string of the molecule is CN1CCN(S(=O)(=O)c2ccc(C(CC3CCCC3)C(=O)N(c3cccnc3)c3nc4cccnc4s3)cc2)CC1C(=O)O. The summed E-state index contributed by atoms with van der Waals surface area (Å²) < 4.78 is 28.3. The zero-order valence-electron chi connectivity index (χ0n) is 24.3. The highest BCUT2D eigenvalue weighted by Gasteiger charge is 2.37. The van der Waals surface area contributed by atoms with Gasteiger partial charge in [-0.15, -0.1) is 0 Å². The van der Waals surface area contributed by atoms with Crippen molar-refractivity contribution in [3.63, 3.8) is 0 Å². The van der Waals surface area contributed by atoms with E-state index in [0.717, 1.165) is 36.1 Å². The van der Waals surface area contributed by atoms with E-state index in [2.05, 4.69) is 9.97 Å². The third kappa shape index (κ3) is 6.09. The maximum absolute atomic E-state index is 14.6. The summed E-state index contributed by atoms with van der Waals surface area (Å²) >= 11 is 1.33. The molecule has 13 heteroatoms. The topological polar surface area (TPSA) is 137 Å². The number of piperazine rings is 1. The molecule has 1 aliphatic heterocycles. The monoisotopic (exact) mass is 634 g/mol. The molecule has 44 heavy (non-hydrogen) atoms. The van der Waals surface area contributed by atoms with Gasteiger partial charge in [0.2, 0.25) is 15.9 Å². The van der Waals surface area contributed by atoms with Crippen molar-refractivity contribution in [2.24, 2.45) is 5.92 Å². The van der Waals surface area contributed by atoms with Gasteiger partial charge in [-0.25, -0.2) is 18.4 Å². The smallest absolute Gasteiger partial charge is 0.322 e. The van der Waals surface area contributed by atoms with Crippen molar-refractivity contribution in [1.29, 1.82) is 0 Å². The fourth-order valence-electron chi connectivity index (χ4n) is 6.14. The minimum atomic E-state index is -3.93. The lowest BCUT2D eigenvalue weighted by atomic mass is 9.87. The number of likely N-dealkylation sites (N-methyl/N-ethyl adjacent to an activating group) is 1. The Morgan fingerprint density at radius 2 is 1.82 bits per heavy atom. The van der Waals surface area contributed by atoms with Crippen molar-refractivity contribution in [3.8, 4) is 0 Å². The van der Waals surface area contributed by atoms with Crippen LogP contribution in [0.1, 0.15) is 43.6 Å². The number of nitrogens with zero attached hydrogens (tertiary/aromatic N) is 6. The van der Waals surface area contributed by atoms with E-state index < -0.39 is 28.0 Å². The second-order valence-corrected chi connectivity index (χ2v) is 14.3. The summed E-state index contributed by atoms with van der Waals surface area (Å²) in [6, 6.07) is 12.9. The van der Waals surface area contributed by atoms with E-state index in [9.17, 15) is 23.1 Å². The lowest BCUT2D eigenvalue weighted by Gasteiger charge is -2.36. The van der Waals surface area contributed by atoms with E-state index in [0.29, 0.717) is 35.2 Å². The summed E-state index contributed by atoms with van der Waals surface area (Å²) in [4.78, 5) is 43.8. The minimum absolute atomic E-state index is 0.0726. The molecular formula is C31H34N6O5S2. The molecule has 1 amide bonds. The van der Waals surface area contributed by atoms with E-state index >= 15 is 0 Å². The molecule has 230 valence electrons. The normalized spacial score (nSPS) is 19.2. The molecule has 1 aliphatic carbocycles. The first-order chi connectivity index (χ1) is 21.2. The van der Waals surface area contributed by atoms with Gasteiger partial charge < -0.3 is 5.11 Å². The quantitative estimate of drug-likeness (QED) is 0.282. The van der Waals surface area contributed by atoms with Gasteiger partial charge in [0.05, 0.1) is 22.7 Å². The molecule has 2 aliphatic rings. The van der Waals surface area contributed by atoms with Crippen molar-refractivity contribution in [2.45, 2.75) is 49.0 Å². The molecular weight excluding hydrogens is 601 g/mol. The Balaban J connectivity index is 1.34. The van der Waals surface area contributed by atoms with Crippen LogP contribution in [0, 0.1) is 5.92 Å². The first-order valence-electron chi connectivity index (χ1n) is 14.7. The third-order valence-corrected chi connectivity index (χ3v) is 11.5. The number of fused-ring (bicyclic) bond motifs is 1. The van der Waals surface area contributed by atoms with E-state index in [1.165, 1.54) is 27.8 Å². The number of carbonyl (C=O) groups is 2. The summed E-state index contributed by atoms with van der Waals surface area (Å²) in [5, 5.41) is 10.1. The zero-order valence-corrected chi connectivity index (χ0v) is 26.0. The summed E-state index contributed by atoms with van der Waals surface area (Å²) in [5.41, 5.74) is 2.01. The Hall–Kier alpha value is -3.78. The molecule has 0 radical (unpaired) electrons. The second-order valence-electron chi connectivity index (χ2n) is 11.4. The average molecular weight is 635 g/mol. The summed E-state index contributed by atoms with van der Waals surface area (Å²) in [6.45, 7) is 0.387. The molecule has 11 nitrogen and oxygen atoms in total. The van der Waals surface area contributed by atoms with Crippen LogP contribution < -0.4 is 4.90 Å². The van der Waals surface area contributed by atoms with Crippen molar-refractivity contribution >= 4 is 54.4 Å². The standard InChI is InChI=1S/C31H34N6O5S2/c1-35-16-17-36(20-27(35)30(39)40)44(41,42)24-12-10-22(11-13-24)25(18-21-6-2-3-7-21)29(38)37(23-8-4-14-32-19-23)31-34-26-9-5-15-33-28(26)43-31/h4-5,8-15,19,21,25,27H,2-3,6-7,16-18,20H2,1H3,(H,39,40). The summed E-state index contributed by atoms with van der Waals surface area (Å²) in [5.74, 6) is -1.39. The molecule has 1 saturated carbocycles. The highest BCUT2D eigenvalue weighted by Crippen LogP contribution is 2.40. The van der Waals surface area contributed by atoms with Gasteiger partial charge in [-0.05, 0) is 61.3 Å². The summed E-state index contributed by atoms with van der Waals surface area (Å²) in [7, 11) is -2.25. The number of aromatic nitrogens is 3. The van der Waals surface area contributed by atoms with Crippen molar-refractivity contribution in [3.05, 3.63) is 72.7 Å². The number of amides is 1. The Bertz CT molecular complexity index is 1710. The summed E-state index contributed by atoms with van der Waals surface area (Å²) in [6.07, 6.45) is 9.96. The average Bonchev–Trinajstić information content (AvgIpc) is 3.70. The molecule has 4 heterocycles. The number of hydrogen-bond donors (Lipinski definition) is 1. The third-order valence-electron chi connectivity index (χ3n) is 8.63. The van der Waals surface area contributed by atoms with E-state index in [-0.39, 0.29) is 23.9 Å². The number of carboxylic acid groups (broad SMARTS) is 1. The predicted octanol–water partition coefficient (Wildman–Crippen LogP) is 4.50. The van der Waals surface area contributed by atoms with Crippen molar-refractivity contribution in [2.75, 3.05) is 31.6 Å². The van der Waals surface area contributed by atoms with Crippen LogP contribution in [0.3, 0.4) is 0 Å². The highest BCUT2D eigenvalue weighted by molar-refractivity contribution is 7.89. The van der Waals surface area contributed by atoms with Crippen LogP contribution in [0.4, 0.5) is 10.8 Å². The van der Waals surface area contributed by atoms with Gasteiger partial charge in [0.1, 0.15) is 16.4 Å². The van der Waals surface area contributed by atoms with Gasteiger partial charge >= 0.3 is 5.97 Å². The Morgan fingerprint density at radius 1 is 1.07 bits per heavy atom. The molecule has 3 aromatic heterocycles. The van der Waals surface area contributed by atoms with Gasteiger partial charge in [0.25, 0.3) is 0 Å². The Labute approximate surface area is 260 Å². The van der Waals surface area contributed by atoms with E-state index in [1.54, 1.807) is 53.6 Å². The van der Waals surface area contributed by atoms with Crippen LogP contribution in [-0.4, -0.2) is 82.3 Å². The number of hydrogen-bond acceptors (Lipinski definition) is 9. The van der Waals surface area contributed by atoms with Crippen LogP contribution in [0.25, 0.3) is 10.3 Å². The first kappa shape index (κ1) is 30.3. The van der Waals surface area contributed by atoms with E-state index in [4.69, 9.17) is 4.98 Å². The molecule has 2 fully saturated rings. The number of carboxylic acids is 1. The van der Waals surface area contributed by atoms with Crippen molar-refractivity contribution in [1.82, 2.24) is 24.2 Å². The fourth-order valence-corrected chi connectivity index (χ4v) is 8.51. The largest absolute Gasteiger partial charge is 0.480 e. The molecule has 2 atom stereocenters. The number of carbonyl (C=O) groups excluding carboxylic acids is 1. The molecule has 0 spiro atoms. The van der Waals surface area contributed by atoms with Crippen LogP contribution in [0.15, 0.2) is 72.0 Å². The van der Waals surface area contributed by atoms with Gasteiger partial charge in [-0.2, -0.15) is 4.31 Å². The fraction of sp³-hybridized carbons (Fsp3) is 0.387. The number of anilines is 2. The van der Waals surface area contributed by atoms with Gasteiger partial charge in [-0.3, -0.25) is 24.4 Å². The van der Waals surface area contributed by atoms with Crippen LogP contribution >= 0.6 is 11.3 Å². The van der Waals surface area contributed by atoms with Gasteiger partial charge in [0.15, 0.2) is 5.13 Å². The maximum atomic E-state index is 14.6. The molecule has 1 saturated heterocycles. The number of rotatable bonds is 9. The molecule has 0 bridgehead atoms. The van der Waals surface area contributed by atoms with Crippen LogP contribution in [0.5, 0.6) is 0 Å². The van der Waals surface area contributed by atoms with E-state index in [1.807, 2.05) is 18.2 Å². The van der Waals surface area contributed by atoms with Crippen LogP contribution in [-0.2, 0) is 19.6 Å². The lowest BCUT2D eigenvalue weighted by Crippen LogP contribution is -2.56. The number of thiazole rings is 1. The maximum Gasteiger partial charge on any atom is 0.322 e. The lowest BCUT2D eigenvalue weighted by molar-refractivity contribution is -0.144. The second kappa shape index (κ2) is 12.7. The van der Waals surface area contributed by atoms with Gasteiger partial charge in [0, 0.05) is 32.0 Å². The first-order valence-corrected chi connectivity index (χ1v) is 17.0. The molecule has 1 aromatic carbocycles. The predicted molar refractivity (Wildman–Crippen MR) is 167 cm³/mol. The molecule has 1 N–H and O–H groups in total. The minimum Gasteiger partial charge on any atom is -0.480 e.